The first-order valence-corrected chi connectivity index (χ1v) is 9.69. The SMILES string of the molecule is COc1ccc(-c2nc(CN=C(N)Nc3cccc(C(C)C)c3)cs2)cc1.I. The number of nitrogens with two attached hydrogens (primary N) is 1. The summed E-state index contributed by atoms with van der Waals surface area (Å²) in [4.78, 5) is 9.05. The third kappa shape index (κ3) is 5.93. The number of aromatic nitrogens is 1. The molecule has 0 atom stereocenters. The normalized spacial score (nSPS) is 11.2. The maximum Gasteiger partial charge on any atom is 0.193 e. The average Bonchev–Trinajstić information content (AvgIpc) is 3.16. The molecular weight excluding hydrogens is 483 g/mol. The van der Waals surface area contributed by atoms with E-state index in [1.807, 2.05) is 41.8 Å². The molecule has 0 bridgehead atoms. The molecule has 2 aromatic carbocycles. The van der Waals surface area contributed by atoms with Gasteiger partial charge in [-0.3, -0.25) is 0 Å². The van der Waals surface area contributed by atoms with Crippen molar-refractivity contribution in [3.05, 3.63) is 65.2 Å². The van der Waals surface area contributed by atoms with Gasteiger partial charge in [-0.25, -0.2) is 9.98 Å². The first-order valence-electron chi connectivity index (χ1n) is 8.81. The molecule has 1 aromatic heterocycles. The number of hydrogen-bond acceptors (Lipinski definition) is 4. The van der Waals surface area contributed by atoms with Crippen LogP contribution in [0.2, 0.25) is 0 Å². The van der Waals surface area contributed by atoms with Gasteiger partial charge in [0.15, 0.2) is 5.96 Å². The van der Waals surface area contributed by atoms with Crippen molar-refractivity contribution in [3.63, 3.8) is 0 Å². The van der Waals surface area contributed by atoms with Crippen LogP contribution >= 0.6 is 35.3 Å². The Morgan fingerprint density at radius 1 is 1.21 bits per heavy atom. The van der Waals surface area contributed by atoms with Crippen molar-refractivity contribution < 1.29 is 4.74 Å². The van der Waals surface area contributed by atoms with Crippen molar-refractivity contribution in [2.24, 2.45) is 10.7 Å². The van der Waals surface area contributed by atoms with E-state index < -0.39 is 0 Å². The van der Waals surface area contributed by atoms with Gasteiger partial charge in [-0.2, -0.15) is 0 Å². The Morgan fingerprint density at radius 2 is 1.96 bits per heavy atom. The van der Waals surface area contributed by atoms with Crippen LogP contribution in [0.3, 0.4) is 0 Å². The Morgan fingerprint density at radius 3 is 2.64 bits per heavy atom. The lowest BCUT2D eigenvalue weighted by atomic mass is 10.0. The lowest BCUT2D eigenvalue weighted by molar-refractivity contribution is 0.415. The van der Waals surface area contributed by atoms with Crippen LogP contribution in [0.15, 0.2) is 58.9 Å². The van der Waals surface area contributed by atoms with Crippen LogP contribution in [0.1, 0.15) is 31.0 Å². The molecule has 148 valence electrons. The van der Waals surface area contributed by atoms with Crippen molar-refractivity contribution >= 4 is 47.0 Å². The Labute approximate surface area is 187 Å². The Kier molecular flexibility index (Phi) is 8.25. The molecule has 0 aliphatic rings. The van der Waals surface area contributed by atoms with E-state index in [4.69, 9.17) is 10.5 Å². The maximum absolute atomic E-state index is 6.03. The number of guanidine groups is 1. The number of ether oxygens (including phenoxy) is 1. The Bertz CT molecular complexity index is 922. The summed E-state index contributed by atoms with van der Waals surface area (Å²) in [6.07, 6.45) is 0. The third-order valence-corrected chi connectivity index (χ3v) is 5.07. The van der Waals surface area contributed by atoms with Crippen LogP contribution in [-0.4, -0.2) is 18.1 Å². The highest BCUT2D eigenvalue weighted by molar-refractivity contribution is 14.0. The predicted molar refractivity (Wildman–Crippen MR) is 129 cm³/mol. The van der Waals surface area contributed by atoms with Crippen LogP contribution < -0.4 is 15.8 Å². The van der Waals surface area contributed by atoms with Crippen LogP contribution in [0.25, 0.3) is 10.6 Å². The first-order chi connectivity index (χ1) is 13.0. The highest BCUT2D eigenvalue weighted by atomic mass is 127. The summed E-state index contributed by atoms with van der Waals surface area (Å²) in [5, 5.41) is 6.12. The van der Waals surface area contributed by atoms with E-state index in [1.165, 1.54) is 5.56 Å². The maximum atomic E-state index is 6.03. The molecule has 0 saturated carbocycles. The number of anilines is 1. The summed E-state index contributed by atoms with van der Waals surface area (Å²) >= 11 is 1.59. The Balaban J connectivity index is 0.00000280. The van der Waals surface area contributed by atoms with Gasteiger partial charge in [0.25, 0.3) is 0 Å². The van der Waals surface area contributed by atoms with Gasteiger partial charge in [-0.1, -0.05) is 26.0 Å². The molecule has 0 aliphatic carbocycles. The van der Waals surface area contributed by atoms with Gasteiger partial charge < -0.3 is 15.8 Å². The highest BCUT2D eigenvalue weighted by Gasteiger charge is 2.06. The quantitative estimate of drug-likeness (QED) is 0.263. The van der Waals surface area contributed by atoms with Gasteiger partial charge in [0.05, 0.1) is 19.3 Å². The molecule has 3 N–H and O–H groups in total. The minimum atomic E-state index is 0. The van der Waals surface area contributed by atoms with Crippen LogP contribution in [0.4, 0.5) is 5.69 Å². The molecule has 5 nitrogen and oxygen atoms in total. The minimum Gasteiger partial charge on any atom is -0.497 e. The Hall–Kier alpha value is -2.13. The molecule has 7 heteroatoms. The van der Waals surface area contributed by atoms with E-state index in [2.05, 4.69) is 41.3 Å². The monoisotopic (exact) mass is 508 g/mol. The second-order valence-electron chi connectivity index (χ2n) is 6.48. The fraction of sp³-hybridized carbons (Fsp3) is 0.238. The molecular formula is C21H25IN4OS. The molecule has 3 rings (SSSR count). The molecule has 0 saturated heterocycles. The third-order valence-electron chi connectivity index (χ3n) is 4.13. The lowest BCUT2D eigenvalue weighted by Crippen LogP contribution is -2.22. The van der Waals surface area contributed by atoms with Crippen LogP contribution in [0.5, 0.6) is 5.75 Å². The number of nitrogens with zero attached hydrogens (tertiary/aromatic N) is 2. The van der Waals surface area contributed by atoms with Crippen LogP contribution in [0, 0.1) is 0 Å². The molecule has 0 radical (unpaired) electrons. The summed E-state index contributed by atoms with van der Waals surface area (Å²) in [6.45, 7) is 4.77. The second kappa shape index (κ2) is 10.4. The number of aliphatic imine (C=N–C) groups is 1. The standard InChI is InChI=1S/C21H24N4OS.HI/c1-14(2)16-5-4-6-17(11-16)25-21(22)23-12-18-13-27-20(24-18)15-7-9-19(26-3)10-8-15;/h4-11,13-14H,12H2,1-3H3,(H3,22,23,25);1H. The number of rotatable bonds is 6. The van der Waals surface area contributed by atoms with Gasteiger partial charge in [0.1, 0.15) is 10.8 Å². The van der Waals surface area contributed by atoms with Gasteiger partial charge >= 0.3 is 0 Å². The fourth-order valence-corrected chi connectivity index (χ4v) is 3.39. The zero-order valence-corrected chi connectivity index (χ0v) is 19.3. The van der Waals surface area contributed by atoms with Gasteiger partial charge in [-0.15, -0.1) is 35.3 Å². The smallest absolute Gasteiger partial charge is 0.193 e. The predicted octanol–water partition coefficient (Wildman–Crippen LogP) is 5.49. The number of halogens is 1. The summed E-state index contributed by atoms with van der Waals surface area (Å²) in [7, 11) is 1.66. The van der Waals surface area contributed by atoms with Crippen molar-refractivity contribution in [2.75, 3.05) is 12.4 Å². The zero-order chi connectivity index (χ0) is 19.2. The number of benzene rings is 2. The van der Waals surface area contributed by atoms with E-state index in [9.17, 15) is 0 Å². The van der Waals surface area contributed by atoms with E-state index in [1.54, 1.807) is 18.4 Å². The summed E-state index contributed by atoms with van der Waals surface area (Å²) in [5.41, 5.74) is 10.2. The van der Waals surface area contributed by atoms with Crippen molar-refractivity contribution in [3.8, 4) is 16.3 Å². The molecule has 0 unspecified atom stereocenters. The highest BCUT2D eigenvalue weighted by Crippen LogP contribution is 2.26. The van der Waals surface area contributed by atoms with Gasteiger partial charge in [0.2, 0.25) is 0 Å². The number of hydrogen-bond donors (Lipinski definition) is 2. The van der Waals surface area contributed by atoms with E-state index >= 15 is 0 Å². The lowest BCUT2D eigenvalue weighted by Gasteiger charge is -2.09. The molecule has 0 aliphatic heterocycles. The minimum absolute atomic E-state index is 0. The molecule has 0 fully saturated rings. The number of thiazole rings is 1. The topological polar surface area (TPSA) is 72.5 Å². The van der Waals surface area contributed by atoms with E-state index in [0.717, 1.165) is 27.7 Å². The number of nitrogens with one attached hydrogen (secondary N) is 1. The van der Waals surface area contributed by atoms with Gasteiger partial charge in [-0.05, 0) is 47.9 Å². The summed E-state index contributed by atoms with van der Waals surface area (Å²) in [5.74, 6) is 1.69. The van der Waals surface area contributed by atoms with E-state index in [-0.39, 0.29) is 24.0 Å². The fourth-order valence-electron chi connectivity index (χ4n) is 2.57. The first kappa shape index (κ1) is 22.2. The molecule has 0 spiro atoms. The number of methoxy groups -OCH3 is 1. The largest absolute Gasteiger partial charge is 0.497 e. The molecule has 3 aromatic rings. The second-order valence-corrected chi connectivity index (χ2v) is 7.34. The average molecular weight is 508 g/mol. The molecule has 0 amide bonds. The molecule has 1 heterocycles. The summed E-state index contributed by atoms with van der Waals surface area (Å²) < 4.78 is 5.19. The van der Waals surface area contributed by atoms with Crippen molar-refractivity contribution in [1.82, 2.24) is 4.98 Å². The van der Waals surface area contributed by atoms with Crippen molar-refractivity contribution in [1.29, 1.82) is 0 Å². The van der Waals surface area contributed by atoms with Crippen molar-refractivity contribution in [2.45, 2.75) is 26.3 Å². The van der Waals surface area contributed by atoms with Crippen LogP contribution in [-0.2, 0) is 6.54 Å². The summed E-state index contributed by atoms with van der Waals surface area (Å²) in [6, 6.07) is 16.1. The zero-order valence-electron chi connectivity index (χ0n) is 16.2. The van der Waals surface area contributed by atoms with E-state index in [0.29, 0.717) is 18.4 Å². The van der Waals surface area contributed by atoms with Gasteiger partial charge in [0, 0.05) is 16.6 Å². The molecule has 28 heavy (non-hydrogen) atoms.